The standard InChI is InChI=1S/C12H15ClO2/c1-8(14)9-5-6-10(13)11(7-9)15-12(2,3)4/h5-7H,1-4H3. The lowest BCUT2D eigenvalue weighted by atomic mass is 10.1. The van der Waals surface area contributed by atoms with Crippen molar-refractivity contribution < 1.29 is 9.53 Å². The van der Waals surface area contributed by atoms with Crippen LogP contribution in [0.1, 0.15) is 38.1 Å². The van der Waals surface area contributed by atoms with Crippen molar-refractivity contribution in [2.45, 2.75) is 33.3 Å². The molecular weight excluding hydrogens is 212 g/mol. The molecule has 3 heteroatoms. The second kappa shape index (κ2) is 4.23. The molecule has 0 aromatic heterocycles. The van der Waals surface area contributed by atoms with E-state index in [2.05, 4.69) is 0 Å². The molecule has 0 N–H and O–H groups in total. The Morgan fingerprint density at radius 2 is 1.93 bits per heavy atom. The van der Waals surface area contributed by atoms with Crippen molar-refractivity contribution in [2.75, 3.05) is 0 Å². The lowest BCUT2D eigenvalue weighted by Crippen LogP contribution is -2.23. The van der Waals surface area contributed by atoms with Gasteiger partial charge in [0.05, 0.1) is 5.02 Å². The summed E-state index contributed by atoms with van der Waals surface area (Å²) in [6.07, 6.45) is 0. The van der Waals surface area contributed by atoms with Crippen molar-refractivity contribution in [1.82, 2.24) is 0 Å². The summed E-state index contributed by atoms with van der Waals surface area (Å²) in [5.74, 6) is 0.558. The molecule has 0 aliphatic carbocycles. The van der Waals surface area contributed by atoms with Crippen molar-refractivity contribution in [3.8, 4) is 5.75 Å². The molecule has 0 fully saturated rings. The Kier molecular flexibility index (Phi) is 3.40. The molecule has 82 valence electrons. The van der Waals surface area contributed by atoms with E-state index in [4.69, 9.17) is 16.3 Å². The summed E-state index contributed by atoms with van der Waals surface area (Å²) < 4.78 is 5.64. The fourth-order valence-electron chi connectivity index (χ4n) is 1.13. The van der Waals surface area contributed by atoms with Crippen LogP contribution in [-0.4, -0.2) is 11.4 Å². The molecule has 0 aliphatic rings. The van der Waals surface area contributed by atoms with Gasteiger partial charge in [-0.3, -0.25) is 4.79 Å². The van der Waals surface area contributed by atoms with Crippen molar-refractivity contribution >= 4 is 17.4 Å². The summed E-state index contributed by atoms with van der Waals surface area (Å²) in [7, 11) is 0. The highest BCUT2D eigenvalue weighted by Gasteiger charge is 2.15. The number of hydrogen-bond donors (Lipinski definition) is 0. The van der Waals surface area contributed by atoms with E-state index >= 15 is 0 Å². The first-order chi connectivity index (χ1) is 6.79. The zero-order valence-corrected chi connectivity index (χ0v) is 10.2. The molecule has 0 amide bonds. The molecule has 0 unspecified atom stereocenters. The van der Waals surface area contributed by atoms with Gasteiger partial charge >= 0.3 is 0 Å². The fraction of sp³-hybridized carbons (Fsp3) is 0.417. The smallest absolute Gasteiger partial charge is 0.159 e. The number of ether oxygens (including phenoxy) is 1. The van der Waals surface area contributed by atoms with Gasteiger partial charge in [0, 0.05) is 5.56 Å². The van der Waals surface area contributed by atoms with E-state index in [0.29, 0.717) is 16.3 Å². The quantitative estimate of drug-likeness (QED) is 0.719. The maximum absolute atomic E-state index is 11.2. The molecule has 1 aromatic rings. The summed E-state index contributed by atoms with van der Waals surface area (Å²) in [5.41, 5.74) is 0.289. The van der Waals surface area contributed by atoms with Crippen LogP contribution in [0.4, 0.5) is 0 Å². The number of carbonyl (C=O) groups is 1. The summed E-state index contributed by atoms with van der Waals surface area (Å²) in [6.45, 7) is 7.32. The van der Waals surface area contributed by atoms with E-state index in [0.717, 1.165) is 0 Å². The minimum atomic E-state index is -0.320. The number of hydrogen-bond acceptors (Lipinski definition) is 2. The molecule has 0 saturated heterocycles. The topological polar surface area (TPSA) is 26.3 Å². The minimum Gasteiger partial charge on any atom is -0.487 e. The zero-order chi connectivity index (χ0) is 11.6. The van der Waals surface area contributed by atoms with Crippen LogP contribution < -0.4 is 4.74 Å². The van der Waals surface area contributed by atoms with Crippen LogP contribution in [0, 0.1) is 0 Å². The summed E-state index contributed by atoms with van der Waals surface area (Å²) in [6, 6.07) is 5.05. The highest BCUT2D eigenvalue weighted by atomic mass is 35.5. The molecule has 0 bridgehead atoms. The summed E-state index contributed by atoms with van der Waals surface area (Å²) >= 11 is 5.97. The van der Waals surface area contributed by atoms with Gasteiger partial charge in [-0.05, 0) is 45.9 Å². The maximum atomic E-state index is 11.2. The summed E-state index contributed by atoms with van der Waals surface area (Å²) in [5, 5.41) is 0.523. The predicted octanol–water partition coefficient (Wildman–Crippen LogP) is 3.72. The van der Waals surface area contributed by atoms with E-state index in [1.54, 1.807) is 18.2 Å². The molecule has 15 heavy (non-hydrogen) atoms. The molecular formula is C12H15ClO2. The van der Waals surface area contributed by atoms with Gasteiger partial charge in [0.2, 0.25) is 0 Å². The first-order valence-corrected chi connectivity index (χ1v) is 5.17. The average molecular weight is 227 g/mol. The van der Waals surface area contributed by atoms with Gasteiger partial charge in [-0.2, -0.15) is 0 Å². The first kappa shape index (κ1) is 12.1. The van der Waals surface area contributed by atoms with Gasteiger partial charge in [0.25, 0.3) is 0 Å². The average Bonchev–Trinajstić information content (AvgIpc) is 2.06. The third-order valence-electron chi connectivity index (χ3n) is 1.75. The lowest BCUT2D eigenvalue weighted by Gasteiger charge is -2.22. The third kappa shape index (κ3) is 3.56. The molecule has 0 saturated carbocycles. The molecule has 0 aliphatic heterocycles. The van der Waals surface area contributed by atoms with Gasteiger partial charge in [0.1, 0.15) is 11.4 Å². The SMILES string of the molecule is CC(=O)c1ccc(Cl)c(OC(C)(C)C)c1. The van der Waals surface area contributed by atoms with Gasteiger partial charge in [-0.25, -0.2) is 0 Å². The highest BCUT2D eigenvalue weighted by molar-refractivity contribution is 6.32. The molecule has 0 spiro atoms. The Labute approximate surface area is 95.2 Å². The number of benzene rings is 1. The molecule has 0 atom stereocenters. The maximum Gasteiger partial charge on any atom is 0.159 e. The third-order valence-corrected chi connectivity index (χ3v) is 2.07. The fourth-order valence-corrected chi connectivity index (χ4v) is 1.29. The normalized spacial score (nSPS) is 11.3. The second-order valence-corrected chi connectivity index (χ2v) is 4.82. The molecule has 0 heterocycles. The second-order valence-electron chi connectivity index (χ2n) is 4.42. The van der Waals surface area contributed by atoms with Crippen molar-refractivity contribution in [1.29, 1.82) is 0 Å². The Bertz CT molecular complexity index is 378. The number of carbonyl (C=O) groups excluding carboxylic acids is 1. The van der Waals surface area contributed by atoms with Crippen LogP contribution >= 0.6 is 11.6 Å². The summed E-state index contributed by atoms with van der Waals surface area (Å²) in [4.78, 5) is 11.2. The first-order valence-electron chi connectivity index (χ1n) is 4.79. The van der Waals surface area contributed by atoms with Crippen LogP contribution in [0.3, 0.4) is 0 Å². The predicted molar refractivity (Wildman–Crippen MR) is 61.8 cm³/mol. The van der Waals surface area contributed by atoms with Gasteiger partial charge in [0.15, 0.2) is 5.78 Å². The molecule has 2 nitrogen and oxygen atoms in total. The van der Waals surface area contributed by atoms with Crippen LogP contribution in [0.25, 0.3) is 0 Å². The van der Waals surface area contributed by atoms with E-state index < -0.39 is 0 Å². The lowest BCUT2D eigenvalue weighted by molar-refractivity contribution is 0.101. The van der Waals surface area contributed by atoms with E-state index in [1.165, 1.54) is 6.92 Å². The molecule has 0 radical (unpaired) electrons. The van der Waals surface area contributed by atoms with E-state index in [1.807, 2.05) is 20.8 Å². The Morgan fingerprint density at radius 1 is 1.33 bits per heavy atom. The van der Waals surface area contributed by atoms with Crippen LogP contribution in [0.15, 0.2) is 18.2 Å². The van der Waals surface area contributed by atoms with Gasteiger partial charge in [-0.1, -0.05) is 11.6 Å². The van der Waals surface area contributed by atoms with Crippen LogP contribution in [0.5, 0.6) is 5.75 Å². The highest BCUT2D eigenvalue weighted by Crippen LogP contribution is 2.28. The number of ketones is 1. The number of Topliss-reactive ketones (excluding diaryl/α,β-unsaturated/α-hetero) is 1. The van der Waals surface area contributed by atoms with E-state index in [-0.39, 0.29) is 11.4 Å². The van der Waals surface area contributed by atoms with Crippen LogP contribution in [-0.2, 0) is 0 Å². The van der Waals surface area contributed by atoms with Crippen molar-refractivity contribution in [3.63, 3.8) is 0 Å². The largest absolute Gasteiger partial charge is 0.487 e. The zero-order valence-electron chi connectivity index (χ0n) is 9.43. The molecule has 1 aromatic carbocycles. The molecule has 1 rings (SSSR count). The Morgan fingerprint density at radius 3 is 2.40 bits per heavy atom. The van der Waals surface area contributed by atoms with Crippen molar-refractivity contribution in [3.05, 3.63) is 28.8 Å². The van der Waals surface area contributed by atoms with Crippen LogP contribution in [0.2, 0.25) is 5.02 Å². The number of halogens is 1. The van der Waals surface area contributed by atoms with Crippen molar-refractivity contribution in [2.24, 2.45) is 0 Å². The van der Waals surface area contributed by atoms with Gasteiger partial charge < -0.3 is 4.74 Å². The monoisotopic (exact) mass is 226 g/mol. The van der Waals surface area contributed by atoms with Gasteiger partial charge in [-0.15, -0.1) is 0 Å². The minimum absolute atomic E-state index is 0.00502. The Hall–Kier alpha value is -1.02. The number of rotatable bonds is 2. The van der Waals surface area contributed by atoms with E-state index in [9.17, 15) is 4.79 Å². The Balaban J connectivity index is 3.06.